The molecule has 0 aromatic heterocycles. The van der Waals surface area contributed by atoms with Gasteiger partial charge in [-0.3, -0.25) is 0 Å². The molecule has 3 nitrogen and oxygen atoms in total. The molecule has 8 heteroatoms. The first-order valence-electron chi connectivity index (χ1n) is 3.31. The van der Waals surface area contributed by atoms with E-state index in [1.807, 2.05) is 21.1 Å². The summed E-state index contributed by atoms with van der Waals surface area (Å²) in [5, 5.41) is 8.86. The molecule has 0 saturated carbocycles. The lowest BCUT2D eigenvalue weighted by molar-refractivity contribution is -0.916. The third-order valence-electron chi connectivity index (χ3n) is 1.12. The zero-order valence-corrected chi connectivity index (χ0v) is 8.27. The summed E-state index contributed by atoms with van der Waals surface area (Å²) in [6.07, 6.45) is -0.264. The summed E-state index contributed by atoms with van der Waals surface area (Å²) in [5.41, 5.74) is 0. The molecule has 0 saturated heterocycles. The van der Waals surface area contributed by atoms with Crippen LogP contribution in [-0.2, 0) is 0 Å². The molecule has 0 aromatic rings. The molecule has 0 aromatic carbocycles. The first-order chi connectivity index (χ1) is 4.94. The molecule has 84 valence electrons. The maximum atomic E-state index is 9.75. The van der Waals surface area contributed by atoms with Crippen LogP contribution in [0.25, 0.3) is 0 Å². The normalized spacial score (nSPS) is 13.6. The molecule has 0 amide bonds. The van der Waals surface area contributed by atoms with Gasteiger partial charge in [-0.15, -0.1) is 0 Å². The minimum atomic E-state index is -6.00. The van der Waals surface area contributed by atoms with Crippen molar-refractivity contribution in [2.75, 3.05) is 21.1 Å². The van der Waals surface area contributed by atoms with Crippen molar-refractivity contribution in [1.29, 1.82) is 0 Å². The smallest absolute Gasteiger partial charge is 0.418 e. The largest absolute Gasteiger partial charge is 0.673 e. The zero-order valence-electron chi connectivity index (χ0n) is 8.27. The van der Waals surface area contributed by atoms with E-state index in [1.165, 1.54) is 0 Å². The van der Waals surface area contributed by atoms with Crippen molar-refractivity contribution < 1.29 is 26.9 Å². The second-order valence-electron chi connectivity index (χ2n) is 3.24. The van der Waals surface area contributed by atoms with E-state index in [-0.39, 0.29) is 12.4 Å². The Labute approximate surface area is 75.6 Å². The van der Waals surface area contributed by atoms with Crippen molar-refractivity contribution >= 4 is 7.25 Å². The van der Waals surface area contributed by atoms with E-state index in [1.54, 1.807) is 6.92 Å². The third-order valence-corrected chi connectivity index (χ3v) is 1.12. The fourth-order valence-electron chi connectivity index (χ4n) is 0. The Bertz CT molecular complexity index is 117. The van der Waals surface area contributed by atoms with E-state index in [0.29, 0.717) is 4.48 Å². The summed E-state index contributed by atoms with van der Waals surface area (Å²) in [6, 6.07) is 0. The molecule has 0 aliphatic carbocycles. The van der Waals surface area contributed by atoms with Crippen molar-refractivity contribution in [3.8, 4) is 0 Å². The Morgan fingerprint density at radius 2 is 1.15 bits per heavy atom. The number of aliphatic hydroxyl groups is 1. The van der Waals surface area contributed by atoms with Crippen LogP contribution < -0.4 is 6.15 Å². The number of halogens is 4. The monoisotopic (exact) mass is 208 g/mol. The van der Waals surface area contributed by atoms with Crippen LogP contribution in [0, 0.1) is 0 Å². The van der Waals surface area contributed by atoms with E-state index < -0.39 is 7.25 Å². The van der Waals surface area contributed by atoms with Gasteiger partial charge in [0.15, 0.2) is 6.23 Å². The van der Waals surface area contributed by atoms with E-state index in [9.17, 15) is 17.3 Å². The number of quaternary nitrogens is 1. The summed E-state index contributed by atoms with van der Waals surface area (Å²) in [4.78, 5) is 0. The van der Waals surface area contributed by atoms with Crippen molar-refractivity contribution in [2.24, 2.45) is 0 Å². The highest BCUT2D eigenvalue weighted by Crippen LogP contribution is 2.06. The van der Waals surface area contributed by atoms with Gasteiger partial charge in [0.25, 0.3) is 0 Å². The summed E-state index contributed by atoms with van der Waals surface area (Å²) in [5.74, 6) is 0. The summed E-state index contributed by atoms with van der Waals surface area (Å²) < 4.78 is 39.6. The molecule has 13 heavy (non-hydrogen) atoms. The second kappa shape index (κ2) is 6.17. The summed E-state index contributed by atoms with van der Waals surface area (Å²) >= 11 is 0. The molecule has 0 aliphatic rings. The van der Waals surface area contributed by atoms with Gasteiger partial charge in [-0.1, -0.05) is 0 Å². The minimum Gasteiger partial charge on any atom is -0.418 e. The fraction of sp³-hybridized carbons (Fsp3) is 1.00. The van der Waals surface area contributed by atoms with Crippen LogP contribution >= 0.6 is 0 Å². The quantitative estimate of drug-likeness (QED) is 0.297. The van der Waals surface area contributed by atoms with Gasteiger partial charge in [0.05, 0.1) is 21.1 Å². The van der Waals surface area contributed by atoms with Gasteiger partial charge in [0, 0.05) is 6.92 Å². The van der Waals surface area contributed by atoms with Crippen LogP contribution in [0.2, 0.25) is 0 Å². The van der Waals surface area contributed by atoms with Crippen LogP contribution in [0.3, 0.4) is 0 Å². The van der Waals surface area contributed by atoms with Crippen LogP contribution in [0.15, 0.2) is 0 Å². The Kier molecular flexibility index (Phi) is 8.76. The number of hydrogen-bond acceptors (Lipinski definition) is 2. The summed E-state index contributed by atoms with van der Waals surface area (Å²) in [7, 11) is -0.153. The zero-order chi connectivity index (χ0) is 10.6. The van der Waals surface area contributed by atoms with Gasteiger partial charge in [-0.25, -0.2) is 0 Å². The van der Waals surface area contributed by atoms with E-state index >= 15 is 0 Å². The Hall–Kier alpha value is -0.335. The van der Waals surface area contributed by atoms with Gasteiger partial charge in [0.1, 0.15) is 0 Å². The maximum Gasteiger partial charge on any atom is 0.673 e. The molecule has 4 N–H and O–H groups in total. The van der Waals surface area contributed by atoms with Crippen LogP contribution in [-0.4, -0.2) is 44.2 Å². The standard InChI is InChI=1S/C5H14NO.BF4.H3N/c1-5(7)6(2,3)4;2-1(3,4)5;/h5,7H,1-4H3;;1H3/q+1;-1;. The minimum absolute atomic E-state index is 0. The number of hydrogen-bond donors (Lipinski definition) is 2. The lowest BCUT2D eigenvalue weighted by atomic mass is 10.3. The first kappa shape index (κ1) is 18.4. The number of nitrogens with zero attached hydrogens (tertiary/aromatic N) is 1. The molecule has 0 rings (SSSR count). The van der Waals surface area contributed by atoms with Crippen LogP contribution in [0.1, 0.15) is 6.92 Å². The number of rotatable bonds is 1. The maximum absolute atomic E-state index is 9.75. The molecule has 0 heterocycles. The molecule has 0 aliphatic heterocycles. The molecular weight excluding hydrogens is 191 g/mol. The van der Waals surface area contributed by atoms with Crippen molar-refractivity contribution in [3.63, 3.8) is 0 Å². The van der Waals surface area contributed by atoms with Gasteiger partial charge >= 0.3 is 7.25 Å². The van der Waals surface area contributed by atoms with Crippen LogP contribution in [0.4, 0.5) is 17.3 Å². The second-order valence-corrected chi connectivity index (χ2v) is 3.24. The van der Waals surface area contributed by atoms with Gasteiger partial charge in [-0.05, 0) is 0 Å². The Morgan fingerprint density at radius 1 is 1.08 bits per heavy atom. The Morgan fingerprint density at radius 3 is 1.15 bits per heavy atom. The van der Waals surface area contributed by atoms with Crippen molar-refractivity contribution in [2.45, 2.75) is 13.2 Å². The summed E-state index contributed by atoms with van der Waals surface area (Å²) in [6.45, 7) is 1.78. The van der Waals surface area contributed by atoms with Gasteiger partial charge < -0.3 is 33.0 Å². The predicted molar refractivity (Wildman–Crippen MR) is 44.9 cm³/mol. The van der Waals surface area contributed by atoms with Crippen LogP contribution in [0.5, 0.6) is 0 Å². The SMILES string of the molecule is CC(O)[N+](C)(C)C.F[B-](F)(F)F.N. The topological polar surface area (TPSA) is 55.2 Å². The van der Waals surface area contributed by atoms with Gasteiger partial charge in [0.2, 0.25) is 0 Å². The van der Waals surface area contributed by atoms with E-state index in [4.69, 9.17) is 5.11 Å². The fourth-order valence-corrected chi connectivity index (χ4v) is 0. The van der Waals surface area contributed by atoms with E-state index in [2.05, 4.69) is 0 Å². The first-order valence-corrected chi connectivity index (χ1v) is 3.31. The average molecular weight is 208 g/mol. The van der Waals surface area contributed by atoms with Gasteiger partial charge in [-0.2, -0.15) is 0 Å². The van der Waals surface area contributed by atoms with Crippen molar-refractivity contribution in [3.05, 3.63) is 0 Å². The predicted octanol–water partition coefficient (Wildman–Crippen LogP) is 1.49. The lowest BCUT2D eigenvalue weighted by Crippen LogP contribution is -2.42. The highest BCUT2D eigenvalue weighted by atomic mass is 19.5. The van der Waals surface area contributed by atoms with E-state index in [0.717, 1.165) is 0 Å². The molecular formula is C5H17BF4N2O. The molecule has 0 spiro atoms. The Balaban J connectivity index is -0.000000150. The number of aliphatic hydroxyl groups excluding tert-OH is 1. The molecule has 0 bridgehead atoms. The average Bonchev–Trinajstić information content (AvgIpc) is 1.55. The lowest BCUT2D eigenvalue weighted by Gasteiger charge is -2.26. The highest BCUT2D eigenvalue weighted by Gasteiger charge is 2.20. The molecule has 1 unspecified atom stereocenters. The third kappa shape index (κ3) is 34.0. The molecule has 0 radical (unpaired) electrons. The molecule has 0 fully saturated rings. The highest BCUT2D eigenvalue weighted by molar-refractivity contribution is 6.50. The van der Waals surface area contributed by atoms with Crippen molar-refractivity contribution in [1.82, 2.24) is 6.15 Å². The molecule has 1 atom stereocenters.